The number of sulfonamides is 1. The molecular weight excluding hydrogens is 492 g/mol. The number of aromatic nitrogens is 2. The number of carbonyl (C=O) groups excluding carboxylic acids is 1. The Hall–Kier alpha value is -4.41. The highest BCUT2D eigenvalue weighted by Crippen LogP contribution is 2.33. The van der Waals surface area contributed by atoms with Gasteiger partial charge in [-0.05, 0) is 48.5 Å². The van der Waals surface area contributed by atoms with Crippen molar-refractivity contribution in [2.75, 3.05) is 19.5 Å². The molecule has 3 N–H and O–H groups in total. The fourth-order valence-corrected chi connectivity index (χ4v) is 5.14. The van der Waals surface area contributed by atoms with E-state index in [0.29, 0.717) is 50.2 Å². The molecule has 0 aliphatic heterocycles. The number of nitrogens with zero attached hydrogens (tertiary/aromatic N) is 2. The first-order chi connectivity index (χ1) is 17.7. The van der Waals surface area contributed by atoms with Crippen LogP contribution < -0.4 is 19.9 Å². The van der Waals surface area contributed by atoms with Gasteiger partial charge in [-0.15, -0.1) is 0 Å². The third kappa shape index (κ3) is 4.48. The van der Waals surface area contributed by atoms with Gasteiger partial charge in [-0.2, -0.15) is 0 Å². The highest BCUT2D eigenvalue weighted by molar-refractivity contribution is 7.89. The maximum Gasteiger partial charge on any atom is 0.256 e. The van der Waals surface area contributed by atoms with Crippen LogP contribution in [0.1, 0.15) is 10.4 Å². The molecule has 0 unspecified atom stereocenters. The van der Waals surface area contributed by atoms with Crippen LogP contribution in [-0.2, 0) is 17.1 Å². The number of primary sulfonamides is 1. The van der Waals surface area contributed by atoms with Gasteiger partial charge in [0, 0.05) is 40.8 Å². The fourth-order valence-electron chi connectivity index (χ4n) is 4.37. The molecule has 10 heteroatoms. The number of carbonyl (C=O) groups is 1. The number of anilines is 1. The van der Waals surface area contributed by atoms with Crippen LogP contribution in [0.4, 0.5) is 5.69 Å². The van der Waals surface area contributed by atoms with Crippen LogP contribution in [0.15, 0.2) is 77.8 Å². The van der Waals surface area contributed by atoms with Crippen LogP contribution in [0.25, 0.3) is 33.1 Å². The van der Waals surface area contributed by atoms with Crippen molar-refractivity contribution in [2.24, 2.45) is 12.2 Å². The Balaban J connectivity index is 1.58. The molecule has 0 fully saturated rings. The third-order valence-corrected chi connectivity index (χ3v) is 7.10. The Morgan fingerprint density at radius 2 is 1.70 bits per heavy atom. The molecule has 3 aromatic carbocycles. The Morgan fingerprint density at radius 3 is 2.43 bits per heavy atom. The second-order valence-corrected chi connectivity index (χ2v) is 10.0. The summed E-state index contributed by atoms with van der Waals surface area (Å²) in [6, 6.07) is 19.6. The topological polar surface area (TPSA) is 126 Å². The number of hydrogen-bond acceptors (Lipinski definition) is 6. The highest BCUT2D eigenvalue weighted by Gasteiger charge is 2.19. The molecule has 2 heterocycles. The van der Waals surface area contributed by atoms with Crippen LogP contribution in [0, 0.1) is 0 Å². The van der Waals surface area contributed by atoms with Crippen LogP contribution in [0.2, 0.25) is 0 Å². The van der Waals surface area contributed by atoms with Gasteiger partial charge in [-0.25, -0.2) is 18.5 Å². The predicted octanol–water partition coefficient (Wildman–Crippen LogP) is 4.31. The van der Waals surface area contributed by atoms with E-state index in [1.54, 1.807) is 62.2 Å². The van der Waals surface area contributed by atoms with E-state index in [-0.39, 0.29) is 10.8 Å². The van der Waals surface area contributed by atoms with Crippen molar-refractivity contribution in [1.29, 1.82) is 0 Å². The number of ether oxygens (including phenoxy) is 2. The molecule has 9 nitrogen and oxygen atoms in total. The molecule has 0 saturated carbocycles. The number of hydrogen-bond donors (Lipinski definition) is 2. The summed E-state index contributed by atoms with van der Waals surface area (Å²) in [7, 11) is 0.905. The van der Waals surface area contributed by atoms with E-state index in [2.05, 4.69) is 5.32 Å². The number of amides is 1. The van der Waals surface area contributed by atoms with Crippen molar-refractivity contribution in [2.45, 2.75) is 4.90 Å². The Labute approximate surface area is 213 Å². The number of rotatable bonds is 6. The summed E-state index contributed by atoms with van der Waals surface area (Å²) in [6.07, 6.45) is 1.46. The molecular formula is C27H24N4O5S. The van der Waals surface area contributed by atoms with Gasteiger partial charge in [-0.3, -0.25) is 4.79 Å². The summed E-state index contributed by atoms with van der Waals surface area (Å²) in [5.74, 6) is 0.760. The number of fused-ring (bicyclic) bond motifs is 2. The van der Waals surface area contributed by atoms with Gasteiger partial charge in [0.1, 0.15) is 4.90 Å². The van der Waals surface area contributed by atoms with Crippen molar-refractivity contribution in [3.63, 3.8) is 0 Å². The molecule has 37 heavy (non-hydrogen) atoms. The molecule has 0 spiro atoms. The van der Waals surface area contributed by atoms with Crippen LogP contribution >= 0.6 is 0 Å². The molecule has 5 aromatic rings. The lowest BCUT2D eigenvalue weighted by molar-refractivity contribution is 0.102. The standard InChI is InChI=1S/C27H24N4O5S/c1-31-15-26(37(28,33)34)20-13-17(9-10-23(20)31)29-27(32)19-14-22(30-21-7-5-4-6-18(19)21)16-8-11-24(35-2)25(12-16)36-3/h4-15H,1-3H3,(H,29,32)(H2,28,33,34). The van der Waals surface area contributed by atoms with E-state index in [4.69, 9.17) is 19.6 Å². The quantitative estimate of drug-likeness (QED) is 0.346. The van der Waals surface area contributed by atoms with Crippen molar-refractivity contribution in [3.05, 3.63) is 78.5 Å². The molecule has 1 amide bonds. The molecule has 0 saturated heterocycles. The minimum atomic E-state index is -3.94. The normalized spacial score (nSPS) is 11.6. The number of nitrogens with one attached hydrogen (secondary N) is 1. The van der Waals surface area contributed by atoms with E-state index in [1.165, 1.54) is 6.20 Å². The zero-order valence-corrected chi connectivity index (χ0v) is 21.2. The van der Waals surface area contributed by atoms with Crippen LogP contribution in [-0.4, -0.2) is 38.1 Å². The summed E-state index contributed by atoms with van der Waals surface area (Å²) in [5, 5.41) is 9.39. The summed E-state index contributed by atoms with van der Waals surface area (Å²) in [6.45, 7) is 0. The number of pyridine rings is 1. The number of para-hydroxylation sites is 1. The first-order valence-corrected chi connectivity index (χ1v) is 12.8. The SMILES string of the molecule is COc1ccc(-c2cc(C(=O)Nc3ccc4c(c3)c(S(N)(=O)=O)cn4C)c3ccccc3n2)cc1OC. The van der Waals surface area contributed by atoms with E-state index < -0.39 is 10.0 Å². The summed E-state index contributed by atoms with van der Waals surface area (Å²) in [5.41, 5.74) is 3.50. The summed E-state index contributed by atoms with van der Waals surface area (Å²) in [4.78, 5) is 18.3. The second kappa shape index (κ2) is 9.23. The lowest BCUT2D eigenvalue weighted by Gasteiger charge is -2.13. The number of aryl methyl sites for hydroxylation is 1. The zero-order valence-electron chi connectivity index (χ0n) is 20.3. The van der Waals surface area contributed by atoms with Crippen LogP contribution in [0.5, 0.6) is 11.5 Å². The first kappa shape index (κ1) is 24.3. The Morgan fingerprint density at radius 1 is 0.946 bits per heavy atom. The smallest absolute Gasteiger partial charge is 0.256 e. The molecule has 0 aliphatic carbocycles. The zero-order chi connectivity index (χ0) is 26.3. The molecule has 2 aromatic heterocycles. The third-order valence-electron chi connectivity index (χ3n) is 6.16. The highest BCUT2D eigenvalue weighted by atomic mass is 32.2. The lowest BCUT2D eigenvalue weighted by Crippen LogP contribution is -2.13. The monoisotopic (exact) mass is 516 g/mol. The van der Waals surface area contributed by atoms with Crippen molar-refractivity contribution in [3.8, 4) is 22.8 Å². The molecule has 188 valence electrons. The number of methoxy groups -OCH3 is 2. The van der Waals surface area contributed by atoms with Crippen molar-refractivity contribution in [1.82, 2.24) is 9.55 Å². The van der Waals surface area contributed by atoms with Crippen molar-refractivity contribution >= 4 is 43.4 Å². The van der Waals surface area contributed by atoms with Crippen LogP contribution in [0.3, 0.4) is 0 Å². The van der Waals surface area contributed by atoms with E-state index in [9.17, 15) is 13.2 Å². The largest absolute Gasteiger partial charge is 0.493 e. The average molecular weight is 517 g/mol. The predicted molar refractivity (Wildman–Crippen MR) is 143 cm³/mol. The number of nitrogens with two attached hydrogens (primary N) is 1. The average Bonchev–Trinajstić information content (AvgIpc) is 3.23. The molecule has 0 aliphatic rings. The van der Waals surface area contributed by atoms with E-state index >= 15 is 0 Å². The van der Waals surface area contributed by atoms with Crippen molar-refractivity contribution < 1.29 is 22.7 Å². The summed E-state index contributed by atoms with van der Waals surface area (Å²) >= 11 is 0. The molecule has 0 radical (unpaired) electrons. The van der Waals surface area contributed by atoms with Gasteiger partial charge < -0.3 is 19.4 Å². The van der Waals surface area contributed by atoms with E-state index in [1.807, 2.05) is 30.3 Å². The molecule has 0 atom stereocenters. The van der Waals surface area contributed by atoms with Gasteiger partial charge in [0.15, 0.2) is 11.5 Å². The first-order valence-electron chi connectivity index (χ1n) is 11.2. The summed E-state index contributed by atoms with van der Waals surface area (Å²) < 4.78 is 36.6. The minimum Gasteiger partial charge on any atom is -0.493 e. The van der Waals surface area contributed by atoms with E-state index in [0.717, 1.165) is 5.56 Å². The van der Waals surface area contributed by atoms with Gasteiger partial charge in [0.05, 0.1) is 31.0 Å². The minimum absolute atomic E-state index is 0.00815. The molecule has 0 bridgehead atoms. The maximum absolute atomic E-state index is 13.5. The fraction of sp³-hybridized carbons (Fsp3) is 0.111. The van der Waals surface area contributed by atoms with Gasteiger partial charge in [0.2, 0.25) is 10.0 Å². The lowest BCUT2D eigenvalue weighted by atomic mass is 10.0. The second-order valence-electron chi connectivity index (χ2n) is 8.48. The van der Waals surface area contributed by atoms with Gasteiger partial charge >= 0.3 is 0 Å². The van der Waals surface area contributed by atoms with Gasteiger partial charge in [0.25, 0.3) is 5.91 Å². The Bertz CT molecular complexity index is 1790. The molecule has 5 rings (SSSR count). The number of benzene rings is 3. The Kier molecular flexibility index (Phi) is 6.06. The maximum atomic E-state index is 13.5. The van der Waals surface area contributed by atoms with Gasteiger partial charge in [-0.1, -0.05) is 18.2 Å².